The molecular weight excluding hydrogens is 326 g/mol. The summed E-state index contributed by atoms with van der Waals surface area (Å²) in [7, 11) is 0. The Bertz CT molecular complexity index is 867. The first-order valence-electron chi connectivity index (χ1n) is 8.87. The molecule has 0 atom stereocenters. The Hall–Kier alpha value is -3.15. The van der Waals surface area contributed by atoms with Gasteiger partial charge in [0.15, 0.2) is 0 Å². The number of rotatable bonds is 5. The number of pyridine rings is 1. The summed E-state index contributed by atoms with van der Waals surface area (Å²) < 4.78 is 1.76. The Labute approximate surface area is 152 Å². The van der Waals surface area contributed by atoms with Gasteiger partial charge in [-0.15, -0.1) is 0 Å². The van der Waals surface area contributed by atoms with Crippen molar-refractivity contribution in [3.63, 3.8) is 0 Å². The molecule has 1 aliphatic rings. The van der Waals surface area contributed by atoms with Crippen LogP contribution in [0.1, 0.15) is 28.8 Å². The van der Waals surface area contributed by atoms with Gasteiger partial charge in [-0.2, -0.15) is 5.10 Å². The van der Waals surface area contributed by atoms with E-state index >= 15 is 0 Å². The maximum atomic E-state index is 12.4. The molecule has 1 fully saturated rings. The summed E-state index contributed by atoms with van der Waals surface area (Å²) in [6.07, 6.45) is 7.49. The average Bonchev–Trinajstić information content (AvgIpc) is 3.35. The highest BCUT2D eigenvalue weighted by molar-refractivity contribution is 6.03. The number of nitrogens with zero attached hydrogens (tertiary/aromatic N) is 4. The number of carbonyl (C=O) groups is 1. The standard InChI is InChI=1S/C20H21N5O/c26-20(17-12-22-25(15-17)14-16-6-2-1-3-7-16)23-18-8-9-19(21-13-18)24-10-4-5-11-24/h1-3,6-9,12-13,15H,4-5,10-11,14H2,(H,23,26). The summed E-state index contributed by atoms with van der Waals surface area (Å²) in [6.45, 7) is 2.75. The number of benzene rings is 1. The highest BCUT2D eigenvalue weighted by atomic mass is 16.1. The van der Waals surface area contributed by atoms with Crippen LogP contribution < -0.4 is 10.2 Å². The van der Waals surface area contributed by atoms with E-state index < -0.39 is 0 Å². The number of carbonyl (C=O) groups excluding carboxylic acids is 1. The lowest BCUT2D eigenvalue weighted by molar-refractivity contribution is 0.102. The smallest absolute Gasteiger partial charge is 0.258 e. The number of amides is 1. The molecule has 1 aromatic carbocycles. The van der Waals surface area contributed by atoms with E-state index in [1.807, 2.05) is 42.5 Å². The highest BCUT2D eigenvalue weighted by Crippen LogP contribution is 2.19. The molecule has 0 spiro atoms. The minimum absolute atomic E-state index is 0.181. The quantitative estimate of drug-likeness (QED) is 0.770. The first-order chi connectivity index (χ1) is 12.8. The molecule has 0 unspecified atom stereocenters. The lowest BCUT2D eigenvalue weighted by atomic mass is 10.2. The Morgan fingerprint density at radius 3 is 2.58 bits per heavy atom. The van der Waals surface area contributed by atoms with Crippen molar-refractivity contribution < 1.29 is 4.79 Å². The minimum Gasteiger partial charge on any atom is -0.357 e. The van der Waals surface area contributed by atoms with Crippen LogP contribution in [-0.4, -0.2) is 33.8 Å². The van der Waals surface area contributed by atoms with E-state index in [-0.39, 0.29) is 5.91 Å². The van der Waals surface area contributed by atoms with E-state index in [0.29, 0.717) is 17.8 Å². The fraction of sp³-hybridized carbons (Fsp3) is 0.250. The van der Waals surface area contributed by atoms with Crippen LogP contribution in [0.15, 0.2) is 61.1 Å². The lowest BCUT2D eigenvalue weighted by Gasteiger charge is -2.16. The molecule has 1 saturated heterocycles. The fourth-order valence-electron chi connectivity index (χ4n) is 3.13. The van der Waals surface area contributed by atoms with Crippen molar-refractivity contribution in [2.45, 2.75) is 19.4 Å². The maximum absolute atomic E-state index is 12.4. The average molecular weight is 347 g/mol. The van der Waals surface area contributed by atoms with Gasteiger partial charge in [0, 0.05) is 19.3 Å². The third-order valence-electron chi connectivity index (χ3n) is 4.52. The van der Waals surface area contributed by atoms with Gasteiger partial charge in [-0.1, -0.05) is 30.3 Å². The SMILES string of the molecule is O=C(Nc1ccc(N2CCCC2)nc1)c1cnn(Cc2ccccc2)c1. The number of hydrogen-bond acceptors (Lipinski definition) is 4. The summed E-state index contributed by atoms with van der Waals surface area (Å²) in [5.41, 5.74) is 2.36. The predicted molar refractivity (Wildman–Crippen MR) is 101 cm³/mol. The molecule has 3 aromatic rings. The van der Waals surface area contributed by atoms with Gasteiger partial charge < -0.3 is 10.2 Å². The second kappa shape index (κ2) is 7.39. The van der Waals surface area contributed by atoms with Crippen molar-refractivity contribution in [2.24, 2.45) is 0 Å². The van der Waals surface area contributed by atoms with Crippen molar-refractivity contribution in [1.82, 2.24) is 14.8 Å². The molecule has 132 valence electrons. The second-order valence-electron chi connectivity index (χ2n) is 6.47. The van der Waals surface area contributed by atoms with Crippen LogP contribution in [0.2, 0.25) is 0 Å². The van der Waals surface area contributed by atoms with Crippen LogP contribution in [0.4, 0.5) is 11.5 Å². The number of aromatic nitrogens is 3. The van der Waals surface area contributed by atoms with Crippen LogP contribution in [0.25, 0.3) is 0 Å². The minimum atomic E-state index is -0.181. The molecule has 0 saturated carbocycles. The Balaban J connectivity index is 1.38. The summed E-state index contributed by atoms with van der Waals surface area (Å²) >= 11 is 0. The molecule has 2 aromatic heterocycles. The molecular formula is C20H21N5O. The zero-order valence-corrected chi connectivity index (χ0v) is 14.5. The topological polar surface area (TPSA) is 63.1 Å². The van der Waals surface area contributed by atoms with Crippen LogP contribution in [0.5, 0.6) is 0 Å². The van der Waals surface area contributed by atoms with E-state index in [9.17, 15) is 4.79 Å². The first-order valence-corrected chi connectivity index (χ1v) is 8.87. The van der Waals surface area contributed by atoms with E-state index in [1.165, 1.54) is 12.8 Å². The van der Waals surface area contributed by atoms with E-state index in [0.717, 1.165) is 24.5 Å². The van der Waals surface area contributed by atoms with Crippen molar-refractivity contribution in [1.29, 1.82) is 0 Å². The third-order valence-corrected chi connectivity index (χ3v) is 4.52. The molecule has 1 amide bonds. The van der Waals surface area contributed by atoms with Gasteiger partial charge in [0.2, 0.25) is 0 Å². The number of nitrogens with one attached hydrogen (secondary N) is 1. The van der Waals surface area contributed by atoms with E-state index in [4.69, 9.17) is 0 Å². The molecule has 6 heteroatoms. The van der Waals surface area contributed by atoms with Crippen LogP contribution in [0, 0.1) is 0 Å². The van der Waals surface area contributed by atoms with Crippen LogP contribution in [0.3, 0.4) is 0 Å². The molecule has 3 heterocycles. The Kier molecular flexibility index (Phi) is 4.64. The Morgan fingerprint density at radius 2 is 1.85 bits per heavy atom. The van der Waals surface area contributed by atoms with Gasteiger partial charge in [-0.3, -0.25) is 9.48 Å². The molecule has 6 nitrogen and oxygen atoms in total. The molecule has 0 radical (unpaired) electrons. The second-order valence-corrected chi connectivity index (χ2v) is 6.47. The zero-order chi connectivity index (χ0) is 17.8. The number of anilines is 2. The van der Waals surface area contributed by atoms with Gasteiger partial charge >= 0.3 is 0 Å². The van der Waals surface area contributed by atoms with Gasteiger partial charge in [0.1, 0.15) is 5.82 Å². The Morgan fingerprint density at radius 1 is 1.04 bits per heavy atom. The van der Waals surface area contributed by atoms with Crippen molar-refractivity contribution in [3.8, 4) is 0 Å². The summed E-state index contributed by atoms with van der Waals surface area (Å²) in [5.74, 6) is 0.788. The summed E-state index contributed by atoms with van der Waals surface area (Å²) in [4.78, 5) is 19.1. The fourth-order valence-corrected chi connectivity index (χ4v) is 3.13. The van der Waals surface area contributed by atoms with Gasteiger partial charge in [0.25, 0.3) is 5.91 Å². The van der Waals surface area contributed by atoms with E-state index in [1.54, 1.807) is 23.3 Å². The molecule has 0 bridgehead atoms. The summed E-state index contributed by atoms with van der Waals surface area (Å²) in [6, 6.07) is 13.9. The van der Waals surface area contributed by atoms with Gasteiger partial charge in [-0.25, -0.2) is 4.98 Å². The summed E-state index contributed by atoms with van der Waals surface area (Å²) in [5, 5.41) is 7.15. The molecule has 4 rings (SSSR count). The normalized spacial score (nSPS) is 13.8. The largest absolute Gasteiger partial charge is 0.357 e. The maximum Gasteiger partial charge on any atom is 0.258 e. The third kappa shape index (κ3) is 3.74. The van der Waals surface area contributed by atoms with Crippen LogP contribution >= 0.6 is 0 Å². The highest BCUT2D eigenvalue weighted by Gasteiger charge is 2.14. The van der Waals surface area contributed by atoms with Crippen molar-refractivity contribution in [2.75, 3.05) is 23.3 Å². The van der Waals surface area contributed by atoms with Gasteiger partial charge in [0.05, 0.1) is 30.2 Å². The van der Waals surface area contributed by atoms with Gasteiger partial charge in [-0.05, 0) is 30.5 Å². The monoisotopic (exact) mass is 347 g/mol. The van der Waals surface area contributed by atoms with Crippen LogP contribution in [-0.2, 0) is 6.54 Å². The molecule has 1 aliphatic heterocycles. The number of hydrogen-bond donors (Lipinski definition) is 1. The lowest BCUT2D eigenvalue weighted by Crippen LogP contribution is -2.19. The van der Waals surface area contributed by atoms with Crippen molar-refractivity contribution in [3.05, 3.63) is 72.2 Å². The van der Waals surface area contributed by atoms with E-state index in [2.05, 4.69) is 20.3 Å². The zero-order valence-electron chi connectivity index (χ0n) is 14.5. The molecule has 0 aliphatic carbocycles. The predicted octanol–water partition coefficient (Wildman–Crippen LogP) is 3.18. The van der Waals surface area contributed by atoms with Crippen molar-refractivity contribution >= 4 is 17.4 Å². The molecule has 1 N–H and O–H groups in total. The molecule has 26 heavy (non-hydrogen) atoms. The first kappa shape index (κ1) is 16.3.